The number of allylic oxidation sites excluding steroid dienone is 7. The molecule has 0 spiro atoms. The lowest BCUT2D eigenvalue weighted by atomic mass is 9.91. The average molecular weight is 585 g/mol. The first-order valence-electron chi connectivity index (χ1n) is 15.9. The van der Waals surface area contributed by atoms with Crippen LogP contribution in [0.3, 0.4) is 0 Å². The molecule has 6 aromatic rings. The molecule has 0 atom stereocenters. The van der Waals surface area contributed by atoms with Gasteiger partial charge in [-0.05, 0) is 117 Å². The van der Waals surface area contributed by atoms with Crippen molar-refractivity contribution in [2.24, 2.45) is 0 Å². The fraction of sp³-hybridized carbons (Fsp3) is 0.136. The summed E-state index contributed by atoms with van der Waals surface area (Å²) in [4.78, 5) is 0. The van der Waals surface area contributed by atoms with Gasteiger partial charge in [-0.1, -0.05) is 124 Å². The van der Waals surface area contributed by atoms with E-state index in [1.165, 1.54) is 38.6 Å². The lowest BCUT2D eigenvalue weighted by Gasteiger charge is -2.13. The van der Waals surface area contributed by atoms with Gasteiger partial charge in [0.15, 0.2) is 0 Å². The number of hydrogen-bond acceptors (Lipinski definition) is 1. The molecule has 0 aliphatic carbocycles. The van der Waals surface area contributed by atoms with Crippen molar-refractivity contribution in [1.29, 1.82) is 0 Å². The summed E-state index contributed by atoms with van der Waals surface area (Å²) < 4.78 is 6.48. The van der Waals surface area contributed by atoms with Crippen LogP contribution in [-0.2, 0) is 6.42 Å². The van der Waals surface area contributed by atoms with Gasteiger partial charge in [-0.2, -0.15) is 0 Å². The topological polar surface area (TPSA) is 13.1 Å². The second-order valence-electron chi connectivity index (χ2n) is 11.7. The standard InChI is InChI=1S/C44H40O/c1-6-14-33(7-2)39(20-13-16-32-21-22-35-17-11-12-19-37(35)26-32)41-29-42-40-24-23-38(28-44(40)45-43(42)25-31(41)5)34(8-3)27-36-18-10-9-15-30(36)4/h7-13,15,17-29H,2,4,6,14,16H2,1,3,5H3/b20-13-,34-8+,36-27-,39-33-. The van der Waals surface area contributed by atoms with E-state index in [4.69, 9.17) is 4.42 Å². The van der Waals surface area contributed by atoms with Crippen LogP contribution in [0.1, 0.15) is 48.9 Å². The van der Waals surface area contributed by atoms with Gasteiger partial charge in [-0.15, -0.1) is 0 Å². The lowest BCUT2D eigenvalue weighted by Crippen LogP contribution is -2.21. The fourth-order valence-electron chi connectivity index (χ4n) is 6.23. The Balaban J connectivity index is 1.40. The number of benzene rings is 5. The van der Waals surface area contributed by atoms with E-state index in [-0.39, 0.29) is 0 Å². The van der Waals surface area contributed by atoms with Crippen molar-refractivity contribution in [2.45, 2.75) is 40.0 Å². The van der Waals surface area contributed by atoms with Gasteiger partial charge in [0.05, 0.1) is 0 Å². The Morgan fingerprint density at radius 3 is 2.38 bits per heavy atom. The predicted molar refractivity (Wildman–Crippen MR) is 197 cm³/mol. The van der Waals surface area contributed by atoms with Crippen LogP contribution in [-0.4, -0.2) is 0 Å². The summed E-state index contributed by atoms with van der Waals surface area (Å²) in [5, 5.41) is 6.94. The Hall–Kier alpha value is -5.14. The zero-order valence-corrected chi connectivity index (χ0v) is 26.6. The molecule has 0 amide bonds. The summed E-state index contributed by atoms with van der Waals surface area (Å²) >= 11 is 0. The SMILES string of the molecule is C=C/C(CCC)=C(\C=C/Cc1ccc2ccccc2c1)c1cc2c(cc1C)oc1cc(C(/C=c3/ccccc3=C)=C/C)ccc12. The molecule has 0 saturated carbocycles. The molecular weight excluding hydrogens is 544 g/mol. The molecule has 1 heterocycles. The van der Waals surface area contributed by atoms with Crippen molar-refractivity contribution in [1.82, 2.24) is 0 Å². The summed E-state index contributed by atoms with van der Waals surface area (Å²) in [5.74, 6) is 0. The minimum atomic E-state index is 0.868. The molecule has 45 heavy (non-hydrogen) atoms. The van der Waals surface area contributed by atoms with Crippen LogP contribution in [0, 0.1) is 6.92 Å². The normalized spacial score (nSPS) is 13.3. The molecule has 0 radical (unpaired) electrons. The van der Waals surface area contributed by atoms with Crippen molar-refractivity contribution in [3.8, 4) is 0 Å². The third-order valence-electron chi connectivity index (χ3n) is 8.68. The van der Waals surface area contributed by atoms with E-state index in [9.17, 15) is 0 Å². The van der Waals surface area contributed by atoms with Crippen molar-refractivity contribution in [2.75, 3.05) is 0 Å². The van der Waals surface area contributed by atoms with Crippen molar-refractivity contribution >= 4 is 56.5 Å². The van der Waals surface area contributed by atoms with Crippen molar-refractivity contribution in [3.63, 3.8) is 0 Å². The zero-order chi connectivity index (χ0) is 31.3. The van der Waals surface area contributed by atoms with E-state index in [0.717, 1.165) is 62.8 Å². The highest BCUT2D eigenvalue weighted by atomic mass is 16.3. The fourth-order valence-corrected chi connectivity index (χ4v) is 6.23. The Morgan fingerprint density at radius 2 is 1.60 bits per heavy atom. The quantitative estimate of drug-likeness (QED) is 0.154. The van der Waals surface area contributed by atoms with Crippen molar-refractivity contribution in [3.05, 3.63) is 166 Å². The molecule has 1 heteroatoms. The second kappa shape index (κ2) is 13.2. The van der Waals surface area contributed by atoms with Crippen LogP contribution in [0.5, 0.6) is 0 Å². The smallest absolute Gasteiger partial charge is 0.136 e. The summed E-state index contributed by atoms with van der Waals surface area (Å²) in [6.45, 7) is 14.9. The van der Waals surface area contributed by atoms with E-state index in [0.29, 0.717) is 0 Å². The Bertz CT molecular complexity index is 2250. The van der Waals surface area contributed by atoms with Crippen LogP contribution < -0.4 is 10.4 Å². The maximum atomic E-state index is 6.48. The maximum absolute atomic E-state index is 6.48. The molecule has 6 rings (SSSR count). The number of rotatable bonds is 9. The van der Waals surface area contributed by atoms with Gasteiger partial charge in [0, 0.05) is 10.8 Å². The summed E-state index contributed by atoms with van der Waals surface area (Å²) in [6, 6.07) is 34.6. The highest BCUT2D eigenvalue weighted by Gasteiger charge is 2.14. The van der Waals surface area contributed by atoms with Crippen LogP contribution in [0.15, 0.2) is 138 Å². The molecule has 0 unspecified atom stereocenters. The minimum Gasteiger partial charge on any atom is -0.456 e. The van der Waals surface area contributed by atoms with Gasteiger partial charge < -0.3 is 4.42 Å². The first-order valence-corrected chi connectivity index (χ1v) is 15.9. The average Bonchev–Trinajstić information content (AvgIpc) is 3.41. The highest BCUT2D eigenvalue weighted by Crippen LogP contribution is 2.36. The summed E-state index contributed by atoms with van der Waals surface area (Å²) in [6.07, 6.45) is 13.9. The number of hydrogen-bond donors (Lipinski definition) is 0. The Kier molecular flexibility index (Phi) is 8.80. The zero-order valence-electron chi connectivity index (χ0n) is 26.6. The third kappa shape index (κ3) is 6.26. The van der Waals surface area contributed by atoms with Gasteiger partial charge in [0.25, 0.3) is 0 Å². The van der Waals surface area contributed by atoms with Crippen LogP contribution >= 0.6 is 0 Å². The molecule has 1 aromatic heterocycles. The van der Waals surface area contributed by atoms with Crippen LogP contribution in [0.2, 0.25) is 0 Å². The predicted octanol–water partition coefficient (Wildman–Crippen LogP) is 10.9. The molecule has 1 nitrogen and oxygen atoms in total. The highest BCUT2D eigenvalue weighted by molar-refractivity contribution is 6.08. The van der Waals surface area contributed by atoms with Crippen LogP contribution in [0.25, 0.3) is 56.5 Å². The molecule has 222 valence electrons. The number of aryl methyl sites for hydroxylation is 1. The number of furan rings is 1. The maximum Gasteiger partial charge on any atom is 0.136 e. The monoisotopic (exact) mass is 584 g/mol. The summed E-state index contributed by atoms with van der Waals surface area (Å²) in [7, 11) is 0. The Labute approximate surface area is 266 Å². The lowest BCUT2D eigenvalue weighted by molar-refractivity contribution is 0.668. The Morgan fingerprint density at radius 1 is 0.822 bits per heavy atom. The van der Waals surface area contributed by atoms with E-state index < -0.39 is 0 Å². The van der Waals surface area contributed by atoms with Gasteiger partial charge >= 0.3 is 0 Å². The van der Waals surface area contributed by atoms with E-state index in [1.54, 1.807) is 0 Å². The molecule has 0 N–H and O–H groups in total. The molecule has 5 aromatic carbocycles. The van der Waals surface area contributed by atoms with Crippen LogP contribution in [0.4, 0.5) is 0 Å². The first-order chi connectivity index (χ1) is 22.0. The molecule has 0 bridgehead atoms. The molecule has 0 aliphatic rings. The molecule has 0 aliphatic heterocycles. The molecule has 0 saturated heterocycles. The molecule has 0 fully saturated rings. The van der Waals surface area contributed by atoms with E-state index in [2.05, 4.69) is 143 Å². The largest absolute Gasteiger partial charge is 0.456 e. The van der Waals surface area contributed by atoms with Gasteiger partial charge in [-0.3, -0.25) is 0 Å². The van der Waals surface area contributed by atoms with E-state index >= 15 is 0 Å². The second-order valence-corrected chi connectivity index (χ2v) is 11.7. The van der Waals surface area contributed by atoms with Gasteiger partial charge in [-0.25, -0.2) is 0 Å². The van der Waals surface area contributed by atoms with Crippen molar-refractivity contribution < 1.29 is 4.42 Å². The first kappa shape index (κ1) is 29.9. The van der Waals surface area contributed by atoms with Gasteiger partial charge in [0.2, 0.25) is 0 Å². The number of fused-ring (bicyclic) bond motifs is 4. The van der Waals surface area contributed by atoms with E-state index in [1.807, 2.05) is 18.2 Å². The summed E-state index contributed by atoms with van der Waals surface area (Å²) in [5.41, 5.74) is 10.3. The third-order valence-corrected chi connectivity index (χ3v) is 8.68. The molecular formula is C44H40O. The van der Waals surface area contributed by atoms with Gasteiger partial charge in [0.1, 0.15) is 11.2 Å². The minimum absolute atomic E-state index is 0.868.